The average molecular weight is 483 g/mol. The van der Waals surface area contributed by atoms with E-state index in [2.05, 4.69) is 0 Å². The second-order valence-corrected chi connectivity index (χ2v) is 10.4. The Balaban J connectivity index is 1.78. The minimum Gasteiger partial charge on any atom is -0.454 e. The predicted molar refractivity (Wildman–Crippen MR) is 130 cm³/mol. The van der Waals surface area contributed by atoms with Crippen LogP contribution < -0.4 is 9.47 Å². The van der Waals surface area contributed by atoms with Crippen molar-refractivity contribution in [2.24, 2.45) is 0 Å². The van der Waals surface area contributed by atoms with Crippen molar-refractivity contribution < 1.29 is 23.0 Å². The first-order chi connectivity index (χ1) is 16.1. The molecule has 168 valence electrons. The standard InChI is InChI=1S/C26H20F2O3S2/c27-19-6-1-4-16(12-19)23(17-5-2-7-20(28)13-17)24(25(29)26-32-10-3-11-33-26)18-8-9-21-22(14-18)31-15-30-21/h1-2,4-9,12-14,26H,3,10-11,15H2. The molecule has 3 aromatic carbocycles. The molecular formula is C26H20F2O3S2. The molecule has 0 amide bonds. The number of carbonyl (C=O) groups excluding carboxylic acids is 1. The van der Waals surface area contributed by atoms with E-state index in [1.807, 2.05) is 0 Å². The molecule has 3 nitrogen and oxygen atoms in total. The normalized spacial score (nSPS) is 15.3. The minimum absolute atomic E-state index is 0.0768. The number of thioether (sulfide) groups is 2. The topological polar surface area (TPSA) is 35.5 Å². The number of fused-ring (bicyclic) bond motifs is 1. The van der Waals surface area contributed by atoms with Crippen molar-refractivity contribution in [3.63, 3.8) is 0 Å². The van der Waals surface area contributed by atoms with Crippen LogP contribution in [0.25, 0.3) is 11.1 Å². The van der Waals surface area contributed by atoms with E-state index in [1.54, 1.807) is 66.0 Å². The molecule has 1 fully saturated rings. The van der Waals surface area contributed by atoms with Gasteiger partial charge in [-0.25, -0.2) is 8.78 Å². The predicted octanol–water partition coefficient (Wildman–Crippen LogP) is 6.42. The van der Waals surface area contributed by atoms with Crippen LogP contribution >= 0.6 is 23.5 Å². The van der Waals surface area contributed by atoms with Gasteiger partial charge in [0.15, 0.2) is 17.3 Å². The molecule has 0 spiro atoms. The van der Waals surface area contributed by atoms with Gasteiger partial charge in [-0.2, -0.15) is 0 Å². The number of allylic oxidation sites excluding steroid dienone is 1. The molecule has 2 aliphatic heterocycles. The highest BCUT2D eigenvalue weighted by Gasteiger charge is 2.30. The first kappa shape index (κ1) is 22.0. The largest absolute Gasteiger partial charge is 0.454 e. The minimum atomic E-state index is -0.430. The van der Waals surface area contributed by atoms with E-state index in [4.69, 9.17) is 9.47 Å². The van der Waals surface area contributed by atoms with Crippen LogP contribution in [-0.4, -0.2) is 28.7 Å². The summed E-state index contributed by atoms with van der Waals surface area (Å²) in [5, 5.41) is 0. The Kier molecular flexibility index (Phi) is 6.42. The van der Waals surface area contributed by atoms with Crippen molar-refractivity contribution in [1.29, 1.82) is 0 Å². The Bertz CT molecular complexity index is 1190. The van der Waals surface area contributed by atoms with Crippen molar-refractivity contribution in [3.8, 4) is 11.5 Å². The van der Waals surface area contributed by atoms with E-state index < -0.39 is 11.6 Å². The SMILES string of the molecule is O=C(C(=C(c1cccc(F)c1)c1cccc(F)c1)c1ccc2c(c1)OCO2)C1SCCCS1. The third-order valence-electron chi connectivity index (χ3n) is 5.43. The summed E-state index contributed by atoms with van der Waals surface area (Å²) in [6.45, 7) is 0.112. The van der Waals surface area contributed by atoms with E-state index in [1.165, 1.54) is 24.3 Å². The molecule has 2 aliphatic rings. The lowest BCUT2D eigenvalue weighted by atomic mass is 9.87. The maximum atomic E-state index is 14.3. The molecule has 0 saturated carbocycles. The maximum absolute atomic E-state index is 14.3. The van der Waals surface area contributed by atoms with Crippen molar-refractivity contribution in [3.05, 3.63) is 95.1 Å². The number of carbonyl (C=O) groups is 1. The van der Waals surface area contributed by atoms with Crippen molar-refractivity contribution in [2.75, 3.05) is 18.3 Å². The number of ketones is 1. The Morgan fingerprint density at radius 2 is 1.42 bits per heavy atom. The first-order valence-corrected chi connectivity index (χ1v) is 12.6. The van der Waals surface area contributed by atoms with Crippen molar-refractivity contribution >= 4 is 40.5 Å². The molecule has 0 atom stereocenters. The second-order valence-electron chi connectivity index (χ2n) is 7.63. The van der Waals surface area contributed by atoms with Gasteiger partial charge in [-0.3, -0.25) is 4.79 Å². The van der Waals surface area contributed by atoms with Crippen molar-refractivity contribution in [1.82, 2.24) is 0 Å². The molecule has 7 heteroatoms. The fourth-order valence-corrected chi connectivity index (χ4v) is 6.70. The van der Waals surface area contributed by atoms with Crippen LogP contribution in [-0.2, 0) is 4.79 Å². The molecule has 0 radical (unpaired) electrons. The van der Waals surface area contributed by atoms with E-state index in [0.29, 0.717) is 39.3 Å². The van der Waals surface area contributed by atoms with Crippen LogP contribution in [0.2, 0.25) is 0 Å². The molecular weight excluding hydrogens is 462 g/mol. The molecule has 3 aromatic rings. The number of benzene rings is 3. The molecule has 0 aromatic heterocycles. The van der Waals surface area contributed by atoms with Gasteiger partial charge in [0.25, 0.3) is 0 Å². The Hall–Kier alpha value is -2.77. The van der Waals surface area contributed by atoms with Crippen LogP contribution in [0.5, 0.6) is 11.5 Å². The first-order valence-electron chi connectivity index (χ1n) is 10.5. The number of halogens is 2. The molecule has 0 N–H and O–H groups in total. The van der Waals surface area contributed by atoms with E-state index >= 15 is 0 Å². The summed E-state index contributed by atoms with van der Waals surface area (Å²) >= 11 is 3.22. The lowest BCUT2D eigenvalue weighted by Gasteiger charge is -2.24. The fraction of sp³-hybridized carbons (Fsp3) is 0.192. The monoisotopic (exact) mass is 482 g/mol. The number of hydrogen-bond donors (Lipinski definition) is 0. The van der Waals surface area contributed by atoms with Gasteiger partial charge >= 0.3 is 0 Å². The quantitative estimate of drug-likeness (QED) is 0.310. The Labute approximate surface area is 199 Å². The summed E-state index contributed by atoms with van der Waals surface area (Å²) in [7, 11) is 0. The van der Waals surface area contributed by atoms with Gasteiger partial charge in [0, 0.05) is 11.1 Å². The molecule has 0 bridgehead atoms. The molecule has 5 rings (SSSR count). The summed E-state index contributed by atoms with van der Waals surface area (Å²) < 4.78 is 39.3. The molecule has 1 saturated heterocycles. The summed E-state index contributed by atoms with van der Waals surface area (Å²) in [4.78, 5) is 14.0. The van der Waals surface area contributed by atoms with Crippen molar-refractivity contribution in [2.45, 2.75) is 11.0 Å². The lowest BCUT2D eigenvalue weighted by Crippen LogP contribution is -2.21. The van der Waals surface area contributed by atoms with Crippen LogP contribution in [0.3, 0.4) is 0 Å². The van der Waals surface area contributed by atoms with Gasteiger partial charge in [-0.1, -0.05) is 30.3 Å². The highest BCUT2D eigenvalue weighted by molar-refractivity contribution is 8.18. The third kappa shape index (κ3) is 4.66. The van der Waals surface area contributed by atoms with Gasteiger partial charge < -0.3 is 9.47 Å². The Morgan fingerprint density at radius 3 is 2.06 bits per heavy atom. The fourth-order valence-electron chi connectivity index (χ4n) is 3.96. The molecule has 0 unspecified atom stereocenters. The molecule has 33 heavy (non-hydrogen) atoms. The summed E-state index contributed by atoms with van der Waals surface area (Å²) in [5.41, 5.74) is 2.54. The highest BCUT2D eigenvalue weighted by Crippen LogP contribution is 2.42. The summed E-state index contributed by atoms with van der Waals surface area (Å²) in [6.07, 6.45) is 1.04. The van der Waals surface area contributed by atoms with Gasteiger partial charge in [-0.15, -0.1) is 23.5 Å². The number of hydrogen-bond acceptors (Lipinski definition) is 5. The van der Waals surface area contributed by atoms with E-state index in [9.17, 15) is 13.6 Å². The van der Waals surface area contributed by atoms with Crippen LogP contribution in [0.1, 0.15) is 23.1 Å². The van der Waals surface area contributed by atoms with E-state index in [0.717, 1.165) is 17.9 Å². The number of ether oxygens (including phenoxy) is 2. The Morgan fingerprint density at radius 1 is 0.788 bits per heavy atom. The van der Waals surface area contributed by atoms with Crippen LogP contribution in [0, 0.1) is 11.6 Å². The zero-order valence-electron chi connectivity index (χ0n) is 17.6. The smallest absolute Gasteiger partial charge is 0.231 e. The van der Waals surface area contributed by atoms with Crippen LogP contribution in [0.4, 0.5) is 8.78 Å². The van der Waals surface area contributed by atoms with Gasteiger partial charge in [-0.05, 0) is 71.0 Å². The van der Waals surface area contributed by atoms with Gasteiger partial charge in [0.05, 0.1) is 0 Å². The number of rotatable bonds is 5. The molecule has 2 heterocycles. The van der Waals surface area contributed by atoms with Gasteiger partial charge in [0.1, 0.15) is 16.2 Å². The average Bonchev–Trinajstić information content (AvgIpc) is 3.30. The summed E-state index contributed by atoms with van der Waals surface area (Å²) in [5.74, 6) is 2.00. The summed E-state index contributed by atoms with van der Waals surface area (Å²) in [6, 6.07) is 17.5. The van der Waals surface area contributed by atoms with Crippen LogP contribution in [0.15, 0.2) is 66.7 Å². The van der Waals surface area contributed by atoms with E-state index in [-0.39, 0.29) is 17.2 Å². The zero-order valence-corrected chi connectivity index (χ0v) is 19.2. The second kappa shape index (κ2) is 9.61. The third-order valence-corrected chi connectivity index (χ3v) is 8.32. The maximum Gasteiger partial charge on any atom is 0.231 e. The zero-order chi connectivity index (χ0) is 22.8. The lowest BCUT2D eigenvalue weighted by molar-refractivity contribution is -0.112. The number of Topliss-reactive ketones (excluding diaryl/α,β-unsaturated/α-hetero) is 1. The highest BCUT2D eigenvalue weighted by atomic mass is 32.2. The molecule has 0 aliphatic carbocycles. The van der Waals surface area contributed by atoms with Gasteiger partial charge in [0.2, 0.25) is 6.79 Å².